The Hall–Kier alpha value is -1.30. The number of rotatable bonds is 1. The molecule has 3 unspecified atom stereocenters. The summed E-state index contributed by atoms with van der Waals surface area (Å²) in [5.41, 5.74) is 0. The highest BCUT2D eigenvalue weighted by atomic mass is 16.4. The normalized spacial score (nSPS) is 32.2. The summed E-state index contributed by atoms with van der Waals surface area (Å²) < 4.78 is 0. The van der Waals surface area contributed by atoms with E-state index in [4.69, 9.17) is 5.11 Å². The van der Waals surface area contributed by atoms with Gasteiger partial charge < -0.3 is 19.8 Å². The van der Waals surface area contributed by atoms with Gasteiger partial charge >= 0.3 is 12.0 Å². The number of amides is 2. The number of carboxylic acids is 1. The molecule has 0 radical (unpaired) electrons. The fourth-order valence-electron chi connectivity index (χ4n) is 3.08. The van der Waals surface area contributed by atoms with Crippen LogP contribution in [0.5, 0.6) is 0 Å². The second kappa shape index (κ2) is 5.99. The lowest BCUT2D eigenvalue weighted by Crippen LogP contribution is -2.58. The zero-order valence-corrected chi connectivity index (χ0v) is 12.6. The molecule has 2 rings (SSSR count). The lowest BCUT2D eigenvalue weighted by atomic mass is 9.92. The smallest absolute Gasteiger partial charge is 0.320 e. The van der Waals surface area contributed by atoms with Crippen LogP contribution in [-0.2, 0) is 4.79 Å². The van der Waals surface area contributed by atoms with Crippen LogP contribution in [0.1, 0.15) is 26.7 Å². The Morgan fingerprint density at radius 1 is 1.10 bits per heavy atom. The number of hydrogen-bond acceptors (Lipinski definition) is 3. The summed E-state index contributed by atoms with van der Waals surface area (Å²) in [5, 5.41) is 9.07. The van der Waals surface area contributed by atoms with Crippen molar-refractivity contribution >= 4 is 12.0 Å². The Bertz CT molecular complexity index is 388. The van der Waals surface area contributed by atoms with Crippen LogP contribution in [0.25, 0.3) is 0 Å². The van der Waals surface area contributed by atoms with Crippen molar-refractivity contribution in [3.05, 3.63) is 0 Å². The second-order valence-electron chi connectivity index (χ2n) is 6.16. The van der Waals surface area contributed by atoms with Gasteiger partial charge in [0.2, 0.25) is 0 Å². The number of likely N-dealkylation sites (tertiary alicyclic amines) is 1. The minimum Gasteiger partial charge on any atom is -0.481 e. The Morgan fingerprint density at radius 3 is 2.35 bits per heavy atom. The number of hydrogen-bond donors (Lipinski definition) is 1. The monoisotopic (exact) mass is 283 g/mol. The summed E-state index contributed by atoms with van der Waals surface area (Å²) in [7, 11) is 2.08. The zero-order chi connectivity index (χ0) is 14.9. The van der Waals surface area contributed by atoms with Crippen molar-refractivity contribution in [3.8, 4) is 0 Å². The SMILES string of the molecule is CC1CN(C(=O)N2CCC(C(=O)O)CC2C)CCN1C. The van der Waals surface area contributed by atoms with E-state index >= 15 is 0 Å². The molecule has 0 aromatic rings. The molecule has 2 heterocycles. The number of carbonyl (C=O) groups excluding carboxylic acids is 1. The molecule has 114 valence electrons. The molecule has 6 nitrogen and oxygen atoms in total. The summed E-state index contributed by atoms with van der Waals surface area (Å²) in [6.45, 7) is 7.03. The van der Waals surface area contributed by atoms with Crippen molar-refractivity contribution in [1.82, 2.24) is 14.7 Å². The number of likely N-dealkylation sites (N-methyl/N-ethyl adjacent to an activating group) is 1. The van der Waals surface area contributed by atoms with Crippen LogP contribution in [-0.4, -0.2) is 77.1 Å². The van der Waals surface area contributed by atoms with E-state index in [2.05, 4.69) is 18.9 Å². The van der Waals surface area contributed by atoms with Crippen molar-refractivity contribution in [2.24, 2.45) is 5.92 Å². The van der Waals surface area contributed by atoms with Gasteiger partial charge in [0, 0.05) is 38.3 Å². The molecule has 2 aliphatic heterocycles. The highest BCUT2D eigenvalue weighted by Crippen LogP contribution is 2.24. The molecule has 2 amide bonds. The van der Waals surface area contributed by atoms with Crippen LogP contribution in [0.2, 0.25) is 0 Å². The summed E-state index contributed by atoms with van der Waals surface area (Å²) >= 11 is 0. The summed E-state index contributed by atoms with van der Waals surface area (Å²) in [5.74, 6) is -1.04. The third kappa shape index (κ3) is 3.06. The molecule has 2 saturated heterocycles. The summed E-state index contributed by atoms with van der Waals surface area (Å²) in [6.07, 6.45) is 1.12. The topological polar surface area (TPSA) is 64.1 Å². The number of piperazine rings is 1. The van der Waals surface area contributed by atoms with E-state index in [0.717, 1.165) is 19.6 Å². The fourth-order valence-corrected chi connectivity index (χ4v) is 3.08. The van der Waals surface area contributed by atoms with Crippen LogP contribution < -0.4 is 0 Å². The molecule has 0 bridgehead atoms. The molecule has 0 aromatic heterocycles. The average molecular weight is 283 g/mol. The van der Waals surface area contributed by atoms with Crippen molar-refractivity contribution in [2.45, 2.75) is 38.8 Å². The number of carbonyl (C=O) groups is 2. The fraction of sp³-hybridized carbons (Fsp3) is 0.857. The third-order valence-electron chi connectivity index (χ3n) is 4.70. The maximum Gasteiger partial charge on any atom is 0.320 e. The lowest BCUT2D eigenvalue weighted by Gasteiger charge is -2.43. The van der Waals surface area contributed by atoms with Gasteiger partial charge in [0.25, 0.3) is 0 Å². The van der Waals surface area contributed by atoms with E-state index in [-0.39, 0.29) is 18.0 Å². The van der Waals surface area contributed by atoms with Crippen LogP contribution >= 0.6 is 0 Å². The second-order valence-corrected chi connectivity index (χ2v) is 6.16. The van der Waals surface area contributed by atoms with E-state index in [1.807, 2.05) is 16.7 Å². The number of aliphatic carboxylic acids is 1. The van der Waals surface area contributed by atoms with E-state index < -0.39 is 5.97 Å². The Labute approximate surface area is 120 Å². The van der Waals surface area contributed by atoms with Gasteiger partial charge in [-0.25, -0.2) is 4.79 Å². The Balaban J connectivity index is 1.95. The van der Waals surface area contributed by atoms with Gasteiger partial charge in [-0.1, -0.05) is 0 Å². The molecular weight excluding hydrogens is 258 g/mol. The minimum absolute atomic E-state index is 0.00677. The molecule has 6 heteroatoms. The van der Waals surface area contributed by atoms with E-state index in [1.54, 1.807) is 0 Å². The summed E-state index contributed by atoms with van der Waals surface area (Å²) in [6, 6.07) is 0.452. The number of piperidine rings is 1. The van der Waals surface area contributed by atoms with Gasteiger partial charge in [-0.2, -0.15) is 0 Å². The van der Waals surface area contributed by atoms with E-state index in [9.17, 15) is 9.59 Å². The molecule has 20 heavy (non-hydrogen) atoms. The van der Waals surface area contributed by atoms with E-state index in [1.165, 1.54) is 0 Å². The molecular formula is C14H25N3O3. The van der Waals surface area contributed by atoms with Gasteiger partial charge in [0.05, 0.1) is 5.92 Å². The average Bonchev–Trinajstić information content (AvgIpc) is 2.41. The Morgan fingerprint density at radius 2 is 1.80 bits per heavy atom. The van der Waals surface area contributed by atoms with Gasteiger partial charge in [0.1, 0.15) is 0 Å². The number of carboxylic acid groups (broad SMARTS) is 1. The molecule has 0 aromatic carbocycles. The standard InChI is InChI=1S/C14H25N3O3/c1-10-8-12(13(18)19)4-5-17(10)14(20)16-7-6-15(3)11(2)9-16/h10-12H,4-9H2,1-3H3,(H,18,19). The highest BCUT2D eigenvalue weighted by molar-refractivity contribution is 5.76. The van der Waals surface area contributed by atoms with Crippen molar-refractivity contribution in [3.63, 3.8) is 0 Å². The quantitative estimate of drug-likeness (QED) is 0.777. The molecule has 1 N–H and O–H groups in total. The molecule has 0 aliphatic carbocycles. The maximum atomic E-state index is 12.6. The van der Waals surface area contributed by atoms with Gasteiger partial charge in [-0.05, 0) is 33.7 Å². The minimum atomic E-state index is -0.739. The largest absolute Gasteiger partial charge is 0.481 e. The van der Waals surface area contributed by atoms with Crippen LogP contribution in [0.4, 0.5) is 4.79 Å². The van der Waals surface area contributed by atoms with Crippen molar-refractivity contribution in [1.29, 1.82) is 0 Å². The first-order valence-corrected chi connectivity index (χ1v) is 7.38. The first-order valence-electron chi connectivity index (χ1n) is 7.38. The first kappa shape index (κ1) is 15.1. The summed E-state index contributed by atoms with van der Waals surface area (Å²) in [4.78, 5) is 29.6. The number of nitrogens with zero attached hydrogens (tertiary/aromatic N) is 3. The van der Waals surface area contributed by atoms with Gasteiger partial charge in [0.15, 0.2) is 0 Å². The van der Waals surface area contributed by atoms with Crippen LogP contribution in [0.3, 0.4) is 0 Å². The molecule has 0 spiro atoms. The predicted octanol–water partition coefficient (Wildman–Crippen LogP) is 0.927. The highest BCUT2D eigenvalue weighted by Gasteiger charge is 2.35. The van der Waals surface area contributed by atoms with Crippen LogP contribution in [0, 0.1) is 5.92 Å². The maximum absolute atomic E-state index is 12.6. The predicted molar refractivity (Wildman–Crippen MR) is 75.6 cm³/mol. The zero-order valence-electron chi connectivity index (χ0n) is 12.6. The molecule has 2 aliphatic rings. The van der Waals surface area contributed by atoms with Gasteiger partial charge in [-0.3, -0.25) is 4.79 Å². The van der Waals surface area contributed by atoms with Crippen molar-refractivity contribution in [2.75, 3.05) is 33.2 Å². The molecule has 0 saturated carbocycles. The molecule has 2 fully saturated rings. The third-order valence-corrected chi connectivity index (χ3v) is 4.70. The lowest BCUT2D eigenvalue weighted by molar-refractivity contribution is -0.143. The van der Waals surface area contributed by atoms with Gasteiger partial charge in [-0.15, -0.1) is 0 Å². The molecule has 3 atom stereocenters. The van der Waals surface area contributed by atoms with Crippen molar-refractivity contribution < 1.29 is 14.7 Å². The number of urea groups is 1. The van der Waals surface area contributed by atoms with E-state index in [0.29, 0.717) is 25.4 Å². The Kier molecular flexibility index (Phi) is 4.52. The van der Waals surface area contributed by atoms with Crippen LogP contribution in [0.15, 0.2) is 0 Å². The first-order chi connectivity index (χ1) is 9.40.